The summed E-state index contributed by atoms with van der Waals surface area (Å²) in [5.41, 5.74) is 0. The molecule has 78 valence electrons. The zero-order valence-electron chi connectivity index (χ0n) is 8.37. The van der Waals surface area contributed by atoms with Gasteiger partial charge < -0.3 is 0 Å². The third-order valence-corrected chi connectivity index (χ3v) is 4.64. The van der Waals surface area contributed by atoms with Crippen LogP contribution in [0.5, 0.6) is 0 Å². The van der Waals surface area contributed by atoms with Crippen molar-refractivity contribution in [1.29, 1.82) is 0 Å². The second kappa shape index (κ2) is 5.63. The van der Waals surface area contributed by atoms with Crippen LogP contribution in [-0.4, -0.2) is 21.6 Å². The summed E-state index contributed by atoms with van der Waals surface area (Å²) in [4.78, 5) is 0.844. The predicted molar refractivity (Wildman–Crippen MR) is 63.5 cm³/mol. The zero-order chi connectivity index (χ0) is 10.6. The Morgan fingerprint density at radius 2 is 1.86 bits per heavy atom. The molecular formula is C10H14BrNOS. The molecule has 1 unspecified atom stereocenters. The van der Waals surface area contributed by atoms with Crippen molar-refractivity contribution in [2.45, 2.75) is 18.7 Å². The van der Waals surface area contributed by atoms with Gasteiger partial charge in [0, 0.05) is 17.6 Å². The van der Waals surface area contributed by atoms with Crippen LogP contribution in [0.25, 0.3) is 0 Å². The fraction of sp³-hybridized carbons (Fsp3) is 0.400. The molecule has 0 aromatic heterocycles. The average molecular weight is 276 g/mol. The van der Waals surface area contributed by atoms with Crippen molar-refractivity contribution in [3.8, 4) is 0 Å². The van der Waals surface area contributed by atoms with Crippen molar-refractivity contribution in [2.24, 2.45) is 0 Å². The lowest BCUT2D eigenvalue weighted by Gasteiger charge is -2.17. The van der Waals surface area contributed by atoms with E-state index < -0.39 is 11.0 Å². The normalized spacial score (nSPS) is 13.1. The number of nitrogens with zero attached hydrogens (tertiary/aromatic N) is 1. The van der Waals surface area contributed by atoms with E-state index in [9.17, 15) is 4.21 Å². The van der Waals surface area contributed by atoms with Crippen molar-refractivity contribution in [2.75, 3.05) is 13.1 Å². The summed E-state index contributed by atoms with van der Waals surface area (Å²) in [6.45, 7) is 5.62. The molecule has 1 atom stereocenters. The maximum atomic E-state index is 12.0. The van der Waals surface area contributed by atoms with Gasteiger partial charge in [0.15, 0.2) is 0 Å². The standard InChI is InChI=1S/C10H14BrNOS/c1-3-12(4-2)14(13)10-8-6-5-7-9(10)11/h5-8H,3-4H2,1-2H3. The van der Waals surface area contributed by atoms with E-state index in [1.54, 1.807) is 0 Å². The van der Waals surface area contributed by atoms with Crippen LogP contribution < -0.4 is 0 Å². The molecule has 1 aromatic carbocycles. The third-order valence-electron chi connectivity index (χ3n) is 1.96. The number of hydrogen-bond acceptors (Lipinski definition) is 1. The van der Waals surface area contributed by atoms with Crippen molar-refractivity contribution in [1.82, 2.24) is 4.31 Å². The van der Waals surface area contributed by atoms with E-state index in [0.29, 0.717) is 0 Å². The molecule has 0 saturated heterocycles. The van der Waals surface area contributed by atoms with Gasteiger partial charge in [-0.05, 0) is 28.1 Å². The molecule has 0 radical (unpaired) electrons. The van der Waals surface area contributed by atoms with Crippen LogP contribution in [0.4, 0.5) is 0 Å². The summed E-state index contributed by atoms with van der Waals surface area (Å²) in [6, 6.07) is 7.63. The van der Waals surface area contributed by atoms with Crippen molar-refractivity contribution >= 4 is 26.9 Å². The summed E-state index contributed by atoms with van der Waals surface area (Å²) >= 11 is 3.40. The molecule has 1 aromatic rings. The minimum Gasteiger partial charge on any atom is -0.237 e. The van der Waals surface area contributed by atoms with Crippen LogP contribution in [0.15, 0.2) is 33.6 Å². The Balaban J connectivity index is 2.94. The molecule has 0 aliphatic heterocycles. The van der Waals surface area contributed by atoms with Gasteiger partial charge in [0.25, 0.3) is 0 Å². The summed E-state index contributed by atoms with van der Waals surface area (Å²) in [5, 5.41) is 0. The lowest BCUT2D eigenvalue weighted by molar-refractivity contribution is 0.489. The van der Waals surface area contributed by atoms with Crippen LogP contribution in [0.3, 0.4) is 0 Å². The number of hydrogen-bond donors (Lipinski definition) is 0. The third kappa shape index (κ3) is 2.65. The Morgan fingerprint density at radius 3 is 2.36 bits per heavy atom. The molecule has 2 nitrogen and oxygen atoms in total. The molecule has 0 aliphatic rings. The molecule has 14 heavy (non-hydrogen) atoms. The van der Waals surface area contributed by atoms with Crippen LogP contribution in [-0.2, 0) is 11.0 Å². The first-order valence-corrected chi connectivity index (χ1v) is 6.52. The average Bonchev–Trinajstić information content (AvgIpc) is 2.20. The van der Waals surface area contributed by atoms with Gasteiger partial charge in [-0.2, -0.15) is 0 Å². The second-order valence-electron chi connectivity index (χ2n) is 2.79. The second-order valence-corrected chi connectivity index (χ2v) is 5.10. The molecule has 0 fully saturated rings. The Labute approximate surface area is 96.0 Å². The van der Waals surface area contributed by atoms with Gasteiger partial charge >= 0.3 is 0 Å². The van der Waals surface area contributed by atoms with Gasteiger partial charge in [0.2, 0.25) is 0 Å². The van der Waals surface area contributed by atoms with E-state index >= 15 is 0 Å². The molecule has 0 bridgehead atoms. The largest absolute Gasteiger partial charge is 0.237 e. The van der Waals surface area contributed by atoms with Crippen LogP contribution in [0, 0.1) is 0 Å². The van der Waals surface area contributed by atoms with Gasteiger partial charge in [0.1, 0.15) is 11.0 Å². The molecule has 0 N–H and O–H groups in total. The van der Waals surface area contributed by atoms with Crippen LogP contribution in [0.2, 0.25) is 0 Å². The summed E-state index contributed by atoms with van der Waals surface area (Å²) in [6.07, 6.45) is 0. The van der Waals surface area contributed by atoms with E-state index in [0.717, 1.165) is 22.5 Å². The van der Waals surface area contributed by atoms with Gasteiger partial charge in [0.05, 0.1) is 4.90 Å². The number of halogens is 1. The first-order valence-electron chi connectivity index (χ1n) is 4.62. The van der Waals surface area contributed by atoms with Crippen molar-refractivity contribution in [3.63, 3.8) is 0 Å². The Kier molecular flexibility index (Phi) is 4.78. The monoisotopic (exact) mass is 275 g/mol. The molecule has 0 saturated carbocycles. The minimum absolute atomic E-state index is 0.796. The van der Waals surface area contributed by atoms with E-state index in [1.165, 1.54) is 0 Å². The van der Waals surface area contributed by atoms with Crippen LogP contribution >= 0.6 is 15.9 Å². The fourth-order valence-corrected chi connectivity index (χ4v) is 3.06. The van der Waals surface area contributed by atoms with Gasteiger partial charge in [-0.15, -0.1) is 0 Å². The molecule has 0 amide bonds. The van der Waals surface area contributed by atoms with Gasteiger partial charge in [-0.25, -0.2) is 8.51 Å². The Bertz CT molecular complexity index is 326. The number of benzene rings is 1. The maximum absolute atomic E-state index is 12.0. The molecule has 0 spiro atoms. The molecule has 0 aliphatic carbocycles. The van der Waals surface area contributed by atoms with Crippen molar-refractivity contribution in [3.05, 3.63) is 28.7 Å². The van der Waals surface area contributed by atoms with E-state index in [1.807, 2.05) is 42.4 Å². The molecule has 4 heteroatoms. The van der Waals surface area contributed by atoms with Gasteiger partial charge in [-0.1, -0.05) is 26.0 Å². The maximum Gasteiger partial charge on any atom is 0.128 e. The molecular weight excluding hydrogens is 262 g/mol. The molecule has 1 rings (SSSR count). The first kappa shape index (κ1) is 11.9. The summed E-state index contributed by atoms with van der Waals surface area (Å²) < 4.78 is 14.9. The minimum atomic E-state index is -1.05. The highest BCUT2D eigenvalue weighted by Crippen LogP contribution is 2.21. The number of rotatable bonds is 4. The first-order chi connectivity index (χ1) is 6.70. The topological polar surface area (TPSA) is 20.3 Å². The smallest absolute Gasteiger partial charge is 0.128 e. The van der Waals surface area contributed by atoms with Crippen LogP contribution in [0.1, 0.15) is 13.8 Å². The Hall–Kier alpha value is -0.190. The lowest BCUT2D eigenvalue weighted by Crippen LogP contribution is -2.25. The fourth-order valence-electron chi connectivity index (χ4n) is 1.18. The lowest BCUT2D eigenvalue weighted by atomic mass is 10.4. The summed E-state index contributed by atoms with van der Waals surface area (Å²) in [7, 11) is -1.05. The van der Waals surface area contributed by atoms with E-state index in [4.69, 9.17) is 0 Å². The van der Waals surface area contributed by atoms with E-state index in [-0.39, 0.29) is 0 Å². The predicted octanol–water partition coefficient (Wildman–Crippen LogP) is 2.81. The Morgan fingerprint density at radius 1 is 1.29 bits per heavy atom. The quantitative estimate of drug-likeness (QED) is 0.828. The highest BCUT2D eigenvalue weighted by atomic mass is 79.9. The van der Waals surface area contributed by atoms with E-state index in [2.05, 4.69) is 15.9 Å². The van der Waals surface area contributed by atoms with Crippen molar-refractivity contribution < 1.29 is 4.21 Å². The SMILES string of the molecule is CCN(CC)S(=O)c1ccccc1Br. The van der Waals surface area contributed by atoms with Gasteiger partial charge in [-0.3, -0.25) is 0 Å². The highest BCUT2D eigenvalue weighted by Gasteiger charge is 2.13. The molecule has 0 heterocycles. The summed E-state index contributed by atoms with van der Waals surface area (Å²) in [5.74, 6) is 0. The zero-order valence-corrected chi connectivity index (χ0v) is 10.8. The highest BCUT2D eigenvalue weighted by molar-refractivity contribution is 9.10.